The Bertz CT molecular complexity index is 314. The Morgan fingerprint density at radius 3 is 1.33 bits per heavy atom. The van der Waals surface area contributed by atoms with Crippen LogP contribution < -0.4 is 0 Å². The minimum atomic E-state index is -2.37. The van der Waals surface area contributed by atoms with E-state index in [1.807, 2.05) is 0 Å². The van der Waals surface area contributed by atoms with Gasteiger partial charge in [0.05, 0.1) is 12.3 Å². The molecule has 0 saturated carbocycles. The minimum Gasteiger partial charge on any atom is -0.377 e. The van der Waals surface area contributed by atoms with Crippen molar-refractivity contribution in [3.8, 4) is 0 Å². The summed E-state index contributed by atoms with van der Waals surface area (Å²) in [5.41, 5.74) is 0. The van der Waals surface area contributed by atoms with Crippen LogP contribution in [0.4, 0.5) is 0 Å². The van der Waals surface area contributed by atoms with Gasteiger partial charge in [0.1, 0.15) is 0 Å². The fourth-order valence-corrected chi connectivity index (χ4v) is 8.11. The molecule has 0 atom stereocenters. The molecule has 27 heavy (non-hydrogen) atoms. The Labute approximate surface area is 173 Å². The van der Waals surface area contributed by atoms with Crippen molar-refractivity contribution in [1.82, 2.24) is 0 Å². The monoisotopic (exact) mass is 421 g/mol. The molecule has 0 aromatic heterocycles. The van der Waals surface area contributed by atoms with Crippen LogP contribution in [0.15, 0.2) is 0 Å². The van der Waals surface area contributed by atoms with Gasteiger partial charge in [-0.1, -0.05) is 71.1 Å². The Kier molecular flexibility index (Phi) is 17.7. The molecule has 0 aromatic carbocycles. The summed E-state index contributed by atoms with van der Waals surface area (Å²) in [6.45, 7) is 7.32. The Morgan fingerprint density at radius 1 is 0.556 bits per heavy atom. The van der Waals surface area contributed by atoms with Crippen molar-refractivity contribution >= 4 is 16.1 Å². The zero-order valence-corrected chi connectivity index (χ0v) is 21.4. The van der Waals surface area contributed by atoms with Gasteiger partial charge in [-0.2, -0.15) is 0 Å². The van der Waals surface area contributed by atoms with Gasteiger partial charge in [-0.15, -0.1) is 0 Å². The molecule has 0 aliphatic carbocycles. The van der Waals surface area contributed by atoms with Crippen molar-refractivity contribution in [3.05, 3.63) is 0 Å². The Balaban J connectivity index is 3.59. The largest absolute Gasteiger partial charge is 0.500 e. The summed E-state index contributed by atoms with van der Waals surface area (Å²) in [5.74, 6) is 0. The summed E-state index contributed by atoms with van der Waals surface area (Å²) < 4.78 is 16.6. The van der Waals surface area contributed by atoms with Gasteiger partial charge in [0.25, 0.3) is 0 Å². The molecule has 0 N–H and O–H groups in total. The highest BCUT2D eigenvalue weighted by molar-refractivity contribution is 7.74. The summed E-state index contributed by atoms with van der Waals surface area (Å²) in [6.07, 6.45) is 21.1. The molecule has 0 aliphatic heterocycles. The molecule has 0 amide bonds. The van der Waals surface area contributed by atoms with Crippen molar-refractivity contribution in [2.45, 2.75) is 96.4 Å². The van der Waals surface area contributed by atoms with Crippen LogP contribution in [0.25, 0.3) is 0 Å². The van der Waals surface area contributed by atoms with E-state index in [2.05, 4.69) is 20.3 Å². The molecule has 0 spiro atoms. The zero-order chi connectivity index (χ0) is 20.4. The van der Waals surface area contributed by atoms with Gasteiger partial charge in [0, 0.05) is 48.0 Å². The van der Waals surface area contributed by atoms with E-state index in [-0.39, 0.29) is 0 Å². The summed E-state index contributed by atoms with van der Waals surface area (Å²) in [5, 5.41) is 0. The molecule has 0 aromatic rings. The van der Waals surface area contributed by atoms with Crippen LogP contribution in [0.2, 0.25) is 6.04 Å². The lowest BCUT2D eigenvalue weighted by molar-refractivity contribution is 0.123. The van der Waals surface area contributed by atoms with Gasteiger partial charge in [-0.25, -0.2) is 0 Å². The Morgan fingerprint density at radius 2 is 0.926 bits per heavy atom. The highest BCUT2D eigenvalue weighted by Gasteiger charge is 2.38. The molecular formula is C22H50O3PSi+. The van der Waals surface area contributed by atoms with Crippen LogP contribution in [0.3, 0.4) is 0 Å². The van der Waals surface area contributed by atoms with Gasteiger partial charge in [-0.05, 0) is 19.3 Å². The molecule has 164 valence electrons. The topological polar surface area (TPSA) is 27.7 Å². The number of unbranched alkanes of at least 4 members (excludes halogenated alkanes) is 11. The highest BCUT2D eigenvalue weighted by Crippen LogP contribution is 2.52. The van der Waals surface area contributed by atoms with E-state index >= 15 is 0 Å². The second kappa shape index (κ2) is 17.4. The van der Waals surface area contributed by atoms with E-state index in [1.54, 1.807) is 21.3 Å². The van der Waals surface area contributed by atoms with E-state index < -0.39 is 16.1 Å². The lowest BCUT2D eigenvalue weighted by atomic mass is 10.1. The number of hydrogen-bond donors (Lipinski definition) is 0. The summed E-state index contributed by atoms with van der Waals surface area (Å²) in [6, 6.07) is 0.943. The van der Waals surface area contributed by atoms with E-state index in [4.69, 9.17) is 13.3 Å². The predicted octanol–water partition coefficient (Wildman–Crippen LogP) is 7.23. The third-order valence-corrected chi connectivity index (χ3v) is 11.7. The van der Waals surface area contributed by atoms with Gasteiger partial charge >= 0.3 is 8.80 Å². The second-order valence-electron chi connectivity index (χ2n) is 8.67. The molecule has 0 heterocycles. The quantitative estimate of drug-likeness (QED) is 0.118. The van der Waals surface area contributed by atoms with Gasteiger partial charge in [0.15, 0.2) is 0 Å². The maximum absolute atomic E-state index is 5.54. The molecule has 0 rings (SSSR count). The lowest BCUT2D eigenvalue weighted by Gasteiger charge is -2.25. The van der Waals surface area contributed by atoms with Crippen LogP contribution in [-0.4, -0.2) is 55.8 Å². The van der Waals surface area contributed by atoms with Crippen LogP contribution >= 0.6 is 7.26 Å². The van der Waals surface area contributed by atoms with Crippen molar-refractivity contribution in [2.24, 2.45) is 0 Å². The molecule has 0 bridgehead atoms. The smallest absolute Gasteiger partial charge is 0.377 e. The third-order valence-electron chi connectivity index (χ3n) is 5.80. The normalized spacial score (nSPS) is 12.7. The number of hydrogen-bond acceptors (Lipinski definition) is 3. The van der Waals surface area contributed by atoms with Crippen LogP contribution in [-0.2, 0) is 13.3 Å². The van der Waals surface area contributed by atoms with E-state index in [1.165, 1.54) is 95.8 Å². The van der Waals surface area contributed by atoms with Crippen LogP contribution in [0, 0.1) is 0 Å². The Hall–Kier alpha value is 0.527. The zero-order valence-electron chi connectivity index (χ0n) is 19.5. The standard InChI is InChI=1S/C22H50O3PSi/c1-7-8-9-10-11-12-13-14-15-16-17-18-20-26(5,6)21-19-22-27(23-2,24-3)25-4/h7-22H2,1-6H3/q+1. The van der Waals surface area contributed by atoms with Crippen LogP contribution in [0.5, 0.6) is 0 Å². The molecule has 3 nitrogen and oxygen atoms in total. The van der Waals surface area contributed by atoms with E-state index in [0.717, 1.165) is 6.04 Å². The molecule has 0 radical (unpaired) electrons. The van der Waals surface area contributed by atoms with Gasteiger partial charge in [0.2, 0.25) is 0 Å². The first-order valence-corrected chi connectivity index (χ1v) is 16.4. The lowest BCUT2D eigenvalue weighted by Crippen LogP contribution is -2.42. The first kappa shape index (κ1) is 27.5. The predicted molar refractivity (Wildman–Crippen MR) is 126 cm³/mol. The average Bonchev–Trinajstić information content (AvgIpc) is 2.66. The summed E-state index contributed by atoms with van der Waals surface area (Å²) >= 11 is 0. The molecule has 0 unspecified atom stereocenters. The van der Waals surface area contributed by atoms with Crippen LogP contribution in [0.1, 0.15) is 90.4 Å². The maximum Gasteiger partial charge on any atom is 0.500 e. The molecular weight excluding hydrogens is 371 g/mol. The summed E-state index contributed by atoms with van der Waals surface area (Å²) in [4.78, 5) is 0. The minimum absolute atomic E-state index is 0.784. The second-order valence-corrected chi connectivity index (χ2v) is 16.5. The van der Waals surface area contributed by atoms with Gasteiger partial charge < -0.3 is 13.3 Å². The summed E-state index contributed by atoms with van der Waals surface area (Å²) in [7, 11) is 1.99. The molecule has 0 aliphatic rings. The first-order valence-electron chi connectivity index (χ1n) is 11.4. The van der Waals surface area contributed by atoms with Crippen molar-refractivity contribution in [3.63, 3.8) is 0 Å². The molecule has 0 saturated heterocycles. The highest BCUT2D eigenvalue weighted by atomic mass is 31.2. The molecule has 0 fully saturated rings. The maximum atomic E-state index is 5.54. The molecule has 5 heteroatoms. The average molecular weight is 422 g/mol. The fraction of sp³-hybridized carbons (Fsp3) is 1.00. The first-order chi connectivity index (χ1) is 12.9. The van der Waals surface area contributed by atoms with E-state index in [9.17, 15) is 0 Å². The fourth-order valence-electron chi connectivity index (χ4n) is 3.77. The van der Waals surface area contributed by atoms with Crippen molar-refractivity contribution < 1.29 is 13.3 Å². The SMILES string of the molecule is CCCCCCCCCCCCCC[P+](C)(C)CCC[Si](OC)(OC)OC. The van der Waals surface area contributed by atoms with E-state index in [0.29, 0.717) is 0 Å². The van der Waals surface area contributed by atoms with Gasteiger partial charge in [-0.3, -0.25) is 0 Å². The third kappa shape index (κ3) is 15.1. The number of rotatable bonds is 20. The van der Waals surface area contributed by atoms with Crippen molar-refractivity contribution in [1.29, 1.82) is 0 Å². The van der Waals surface area contributed by atoms with Crippen molar-refractivity contribution in [2.75, 3.05) is 47.0 Å².